The molecule has 1 aliphatic heterocycles. The third-order valence-electron chi connectivity index (χ3n) is 4.50. The molecule has 1 atom stereocenters. The van der Waals surface area contributed by atoms with Crippen molar-refractivity contribution in [3.8, 4) is 11.5 Å². The number of halogens is 1. The van der Waals surface area contributed by atoms with Crippen LogP contribution in [0.3, 0.4) is 0 Å². The molecule has 7 heteroatoms. The summed E-state index contributed by atoms with van der Waals surface area (Å²) in [5.41, 5.74) is 1.07. The van der Waals surface area contributed by atoms with Crippen LogP contribution in [-0.2, 0) is 4.74 Å². The van der Waals surface area contributed by atoms with Crippen LogP contribution in [0.5, 0.6) is 11.5 Å². The summed E-state index contributed by atoms with van der Waals surface area (Å²) in [6.07, 6.45) is 0.632. The zero-order chi connectivity index (χ0) is 19.8. The van der Waals surface area contributed by atoms with E-state index in [4.69, 9.17) is 14.2 Å². The highest BCUT2D eigenvalue weighted by molar-refractivity contribution is 9.10. The highest BCUT2D eigenvalue weighted by Crippen LogP contribution is 2.24. The third kappa shape index (κ3) is 5.87. The second-order valence-electron chi connectivity index (χ2n) is 6.47. The van der Waals surface area contributed by atoms with Gasteiger partial charge in [-0.25, -0.2) is 4.79 Å². The highest BCUT2D eigenvalue weighted by Gasteiger charge is 2.25. The van der Waals surface area contributed by atoms with E-state index in [9.17, 15) is 4.79 Å². The quantitative estimate of drug-likeness (QED) is 0.649. The molecule has 0 aliphatic carbocycles. The standard InChI is InChI=1S/C21H25BrN2O4/c1-26-18-6-8-19(9-7-18)27-12-3-10-23-21(25)24-11-13-28-20(15-24)16-4-2-5-17(22)14-16/h2,4-9,14,20H,3,10-13,15H2,1H3,(H,23,25). The number of benzene rings is 2. The maximum atomic E-state index is 12.4. The Hall–Kier alpha value is -2.25. The van der Waals surface area contributed by atoms with Crippen molar-refractivity contribution in [3.05, 3.63) is 58.6 Å². The van der Waals surface area contributed by atoms with E-state index in [1.807, 2.05) is 48.5 Å². The fourth-order valence-electron chi connectivity index (χ4n) is 2.98. The van der Waals surface area contributed by atoms with Gasteiger partial charge in [0.15, 0.2) is 0 Å². The van der Waals surface area contributed by atoms with Crippen LogP contribution >= 0.6 is 15.9 Å². The van der Waals surface area contributed by atoms with Crippen LogP contribution in [0.25, 0.3) is 0 Å². The third-order valence-corrected chi connectivity index (χ3v) is 4.99. The zero-order valence-electron chi connectivity index (χ0n) is 15.9. The summed E-state index contributed by atoms with van der Waals surface area (Å²) >= 11 is 3.48. The molecule has 1 heterocycles. The Morgan fingerprint density at radius 3 is 2.79 bits per heavy atom. The van der Waals surface area contributed by atoms with Crippen molar-refractivity contribution in [2.75, 3.05) is 40.0 Å². The highest BCUT2D eigenvalue weighted by atomic mass is 79.9. The molecule has 0 spiro atoms. The van der Waals surface area contributed by atoms with Crippen LogP contribution in [0, 0.1) is 0 Å². The molecule has 150 valence electrons. The van der Waals surface area contributed by atoms with Crippen molar-refractivity contribution in [2.45, 2.75) is 12.5 Å². The fraction of sp³-hybridized carbons (Fsp3) is 0.381. The predicted molar refractivity (Wildman–Crippen MR) is 111 cm³/mol. The Bertz CT molecular complexity index is 769. The second-order valence-corrected chi connectivity index (χ2v) is 7.39. The van der Waals surface area contributed by atoms with Crippen molar-refractivity contribution in [3.63, 3.8) is 0 Å². The van der Waals surface area contributed by atoms with Gasteiger partial charge in [-0.05, 0) is 48.4 Å². The Balaban J connectivity index is 1.38. The number of hydrogen-bond acceptors (Lipinski definition) is 4. The molecule has 1 saturated heterocycles. The average Bonchev–Trinajstić information content (AvgIpc) is 2.74. The molecule has 28 heavy (non-hydrogen) atoms. The van der Waals surface area contributed by atoms with Crippen LogP contribution in [0.15, 0.2) is 53.0 Å². The minimum absolute atomic E-state index is 0.0623. The van der Waals surface area contributed by atoms with Gasteiger partial charge in [0.05, 0.1) is 26.9 Å². The Morgan fingerprint density at radius 1 is 1.25 bits per heavy atom. The summed E-state index contributed by atoms with van der Waals surface area (Å²) in [6, 6.07) is 15.4. The zero-order valence-corrected chi connectivity index (χ0v) is 17.5. The van der Waals surface area contributed by atoms with Gasteiger partial charge in [0.2, 0.25) is 0 Å². The van der Waals surface area contributed by atoms with Gasteiger partial charge in [-0.15, -0.1) is 0 Å². The number of nitrogens with one attached hydrogen (secondary N) is 1. The maximum Gasteiger partial charge on any atom is 0.317 e. The summed E-state index contributed by atoms with van der Waals surface area (Å²) < 4.78 is 17.6. The molecule has 1 N–H and O–H groups in total. The molecule has 1 fully saturated rings. The summed E-state index contributed by atoms with van der Waals surface area (Å²) in [7, 11) is 1.63. The molecule has 6 nitrogen and oxygen atoms in total. The van der Waals surface area contributed by atoms with Gasteiger partial charge in [0.1, 0.15) is 17.6 Å². The van der Waals surface area contributed by atoms with Gasteiger partial charge in [-0.2, -0.15) is 0 Å². The lowest BCUT2D eigenvalue weighted by atomic mass is 10.1. The monoisotopic (exact) mass is 448 g/mol. The lowest BCUT2D eigenvalue weighted by Crippen LogP contribution is -2.47. The van der Waals surface area contributed by atoms with Crippen LogP contribution in [0.2, 0.25) is 0 Å². The molecule has 3 rings (SSSR count). The van der Waals surface area contributed by atoms with Crippen molar-refractivity contribution >= 4 is 22.0 Å². The number of carbonyl (C=O) groups is 1. The lowest BCUT2D eigenvalue weighted by molar-refractivity contribution is -0.0154. The van der Waals surface area contributed by atoms with E-state index in [2.05, 4.69) is 21.2 Å². The molecule has 0 radical (unpaired) electrons. The summed E-state index contributed by atoms with van der Waals surface area (Å²) in [4.78, 5) is 14.2. The topological polar surface area (TPSA) is 60.0 Å². The lowest BCUT2D eigenvalue weighted by Gasteiger charge is -2.33. The van der Waals surface area contributed by atoms with Crippen LogP contribution in [-0.4, -0.2) is 50.9 Å². The number of carbonyl (C=O) groups excluding carboxylic acids is 1. The molecule has 0 aromatic heterocycles. The number of methoxy groups -OCH3 is 1. The van der Waals surface area contributed by atoms with Gasteiger partial charge in [-0.1, -0.05) is 28.1 Å². The average molecular weight is 449 g/mol. The van der Waals surface area contributed by atoms with E-state index < -0.39 is 0 Å². The minimum atomic E-state index is -0.101. The van der Waals surface area contributed by atoms with Crippen LogP contribution in [0.4, 0.5) is 4.79 Å². The molecular weight excluding hydrogens is 424 g/mol. The molecule has 2 aromatic carbocycles. The Kier molecular flexibility index (Phi) is 7.56. The first-order chi connectivity index (χ1) is 13.7. The molecular formula is C21H25BrN2O4. The van der Waals surface area contributed by atoms with E-state index in [-0.39, 0.29) is 12.1 Å². The number of hydrogen-bond donors (Lipinski definition) is 1. The largest absolute Gasteiger partial charge is 0.497 e. The van der Waals surface area contributed by atoms with Gasteiger partial charge < -0.3 is 24.4 Å². The van der Waals surface area contributed by atoms with E-state index in [1.54, 1.807) is 12.0 Å². The first-order valence-electron chi connectivity index (χ1n) is 9.32. The summed E-state index contributed by atoms with van der Waals surface area (Å²) in [5, 5.41) is 2.96. The Morgan fingerprint density at radius 2 is 2.04 bits per heavy atom. The van der Waals surface area contributed by atoms with Crippen molar-refractivity contribution < 1.29 is 19.0 Å². The minimum Gasteiger partial charge on any atom is -0.497 e. The van der Waals surface area contributed by atoms with Crippen LogP contribution < -0.4 is 14.8 Å². The van der Waals surface area contributed by atoms with Crippen molar-refractivity contribution in [1.82, 2.24) is 10.2 Å². The maximum absolute atomic E-state index is 12.4. The molecule has 1 unspecified atom stereocenters. The normalized spacial score (nSPS) is 16.5. The number of urea groups is 1. The molecule has 0 saturated carbocycles. The molecule has 1 aliphatic rings. The van der Waals surface area contributed by atoms with E-state index in [0.29, 0.717) is 32.8 Å². The van der Waals surface area contributed by atoms with Gasteiger partial charge in [0, 0.05) is 17.6 Å². The first kappa shape index (κ1) is 20.5. The predicted octanol–water partition coefficient (Wildman–Crippen LogP) is 4.01. The van der Waals surface area contributed by atoms with Gasteiger partial charge >= 0.3 is 6.03 Å². The smallest absolute Gasteiger partial charge is 0.317 e. The number of nitrogens with zero attached hydrogens (tertiary/aromatic N) is 1. The molecule has 0 bridgehead atoms. The van der Waals surface area contributed by atoms with Gasteiger partial charge in [-0.3, -0.25) is 0 Å². The number of rotatable bonds is 7. The SMILES string of the molecule is COc1ccc(OCCCNC(=O)N2CCOC(c3cccc(Br)c3)C2)cc1. The van der Waals surface area contributed by atoms with Gasteiger partial charge in [0.25, 0.3) is 0 Å². The Labute approximate surface area is 173 Å². The van der Waals surface area contributed by atoms with Crippen molar-refractivity contribution in [2.24, 2.45) is 0 Å². The van der Waals surface area contributed by atoms with E-state index in [1.165, 1.54) is 0 Å². The van der Waals surface area contributed by atoms with Crippen LogP contribution in [0.1, 0.15) is 18.1 Å². The first-order valence-corrected chi connectivity index (χ1v) is 10.1. The fourth-order valence-corrected chi connectivity index (χ4v) is 3.40. The number of amides is 2. The van der Waals surface area contributed by atoms with Crippen molar-refractivity contribution in [1.29, 1.82) is 0 Å². The summed E-state index contributed by atoms with van der Waals surface area (Å²) in [5.74, 6) is 1.59. The molecule has 2 amide bonds. The number of ether oxygens (including phenoxy) is 3. The van der Waals surface area contributed by atoms with E-state index in [0.717, 1.165) is 28.0 Å². The molecule has 2 aromatic rings. The number of morpholine rings is 1. The van der Waals surface area contributed by atoms with E-state index >= 15 is 0 Å². The second kappa shape index (κ2) is 10.3. The summed E-state index contributed by atoms with van der Waals surface area (Å²) in [6.45, 7) is 2.78.